The summed E-state index contributed by atoms with van der Waals surface area (Å²) >= 11 is 0. The summed E-state index contributed by atoms with van der Waals surface area (Å²) in [5.41, 5.74) is 7.02. The SMILES string of the molecule is c1ccc(Cc2nc3c(c(N4CCCC4)n2)C2(CCCC2)Cc2ccccc2-3)cc1. The molecule has 3 nitrogen and oxygen atoms in total. The van der Waals surface area contributed by atoms with Gasteiger partial charge in [-0.05, 0) is 43.2 Å². The highest BCUT2D eigenvalue weighted by atomic mass is 15.2. The lowest BCUT2D eigenvalue weighted by Gasteiger charge is -2.39. The van der Waals surface area contributed by atoms with Crippen LogP contribution in [0.1, 0.15) is 61.0 Å². The van der Waals surface area contributed by atoms with E-state index in [1.165, 1.54) is 72.3 Å². The molecular weight excluding hydrogens is 366 g/mol. The van der Waals surface area contributed by atoms with Crippen LogP contribution in [0.2, 0.25) is 0 Å². The van der Waals surface area contributed by atoms with Crippen LogP contribution < -0.4 is 4.90 Å². The summed E-state index contributed by atoms with van der Waals surface area (Å²) in [6.45, 7) is 2.26. The number of hydrogen-bond acceptors (Lipinski definition) is 3. The van der Waals surface area contributed by atoms with Crippen molar-refractivity contribution in [1.82, 2.24) is 9.97 Å². The number of aromatic nitrogens is 2. The van der Waals surface area contributed by atoms with Crippen LogP contribution in [-0.2, 0) is 18.3 Å². The molecule has 2 heterocycles. The van der Waals surface area contributed by atoms with Crippen LogP contribution in [0, 0.1) is 0 Å². The minimum absolute atomic E-state index is 0.229. The maximum atomic E-state index is 5.27. The van der Waals surface area contributed by atoms with Gasteiger partial charge >= 0.3 is 0 Å². The molecule has 30 heavy (non-hydrogen) atoms. The molecule has 152 valence electrons. The van der Waals surface area contributed by atoms with Gasteiger partial charge in [0, 0.05) is 36.1 Å². The quantitative estimate of drug-likeness (QED) is 0.569. The summed E-state index contributed by atoms with van der Waals surface area (Å²) in [4.78, 5) is 13.1. The van der Waals surface area contributed by atoms with E-state index in [4.69, 9.17) is 9.97 Å². The summed E-state index contributed by atoms with van der Waals surface area (Å²) in [5, 5.41) is 0. The molecule has 1 saturated heterocycles. The standard InChI is InChI=1S/C27H29N3/c1-2-10-20(11-3-1)18-23-28-25-22-13-5-4-12-21(22)19-27(14-6-7-15-27)24(25)26(29-23)30-16-8-9-17-30/h1-5,10-13H,6-9,14-19H2. The predicted molar refractivity (Wildman–Crippen MR) is 122 cm³/mol. The van der Waals surface area contributed by atoms with Gasteiger partial charge in [-0.25, -0.2) is 9.97 Å². The van der Waals surface area contributed by atoms with Crippen molar-refractivity contribution in [3.05, 3.63) is 77.1 Å². The lowest BCUT2D eigenvalue weighted by molar-refractivity contribution is 0.430. The Kier molecular flexibility index (Phi) is 4.36. The first-order chi connectivity index (χ1) is 14.8. The van der Waals surface area contributed by atoms with Gasteiger partial charge in [0.05, 0.1) is 5.69 Å². The van der Waals surface area contributed by atoms with Gasteiger partial charge in [0.15, 0.2) is 0 Å². The lowest BCUT2D eigenvalue weighted by atomic mass is 9.68. The zero-order valence-corrected chi connectivity index (χ0v) is 17.6. The molecule has 3 heteroatoms. The zero-order chi connectivity index (χ0) is 20.0. The third kappa shape index (κ3) is 2.94. The average molecular weight is 396 g/mol. The number of fused-ring (bicyclic) bond motifs is 4. The number of anilines is 1. The van der Waals surface area contributed by atoms with Gasteiger partial charge in [-0.1, -0.05) is 67.4 Å². The first kappa shape index (κ1) is 18.1. The number of nitrogens with zero attached hydrogens (tertiary/aromatic N) is 3. The van der Waals surface area contributed by atoms with Crippen LogP contribution in [0.5, 0.6) is 0 Å². The van der Waals surface area contributed by atoms with E-state index >= 15 is 0 Å². The minimum atomic E-state index is 0.229. The molecule has 0 bridgehead atoms. The van der Waals surface area contributed by atoms with Crippen molar-refractivity contribution in [3.8, 4) is 11.3 Å². The summed E-state index contributed by atoms with van der Waals surface area (Å²) in [5.74, 6) is 2.21. The molecule has 0 N–H and O–H groups in total. The Bertz CT molecular complexity index is 1060. The van der Waals surface area contributed by atoms with Crippen LogP contribution in [0.15, 0.2) is 54.6 Å². The molecule has 6 rings (SSSR count). The Morgan fingerprint density at radius 1 is 0.800 bits per heavy atom. The summed E-state index contributed by atoms with van der Waals surface area (Å²) in [7, 11) is 0. The molecule has 0 radical (unpaired) electrons. The highest BCUT2D eigenvalue weighted by molar-refractivity contribution is 5.77. The molecule has 2 fully saturated rings. The van der Waals surface area contributed by atoms with Crippen molar-refractivity contribution in [2.75, 3.05) is 18.0 Å². The maximum absolute atomic E-state index is 5.27. The molecule has 1 aliphatic heterocycles. The van der Waals surface area contributed by atoms with E-state index in [2.05, 4.69) is 59.5 Å². The van der Waals surface area contributed by atoms with Crippen LogP contribution in [0.25, 0.3) is 11.3 Å². The highest BCUT2D eigenvalue weighted by Gasteiger charge is 2.45. The fraction of sp³-hybridized carbons (Fsp3) is 0.407. The van der Waals surface area contributed by atoms with Gasteiger partial charge in [-0.2, -0.15) is 0 Å². The number of rotatable bonds is 3. The van der Waals surface area contributed by atoms with Crippen molar-refractivity contribution in [2.24, 2.45) is 0 Å². The second kappa shape index (κ2) is 7.23. The molecule has 0 amide bonds. The largest absolute Gasteiger partial charge is 0.356 e. The molecule has 2 aliphatic carbocycles. The molecule has 1 spiro atoms. The summed E-state index contributed by atoms with van der Waals surface area (Å²) in [6, 6.07) is 19.6. The van der Waals surface area contributed by atoms with Gasteiger partial charge < -0.3 is 4.90 Å². The monoisotopic (exact) mass is 395 g/mol. The first-order valence-electron chi connectivity index (χ1n) is 11.6. The second-order valence-electron chi connectivity index (χ2n) is 9.36. The smallest absolute Gasteiger partial charge is 0.136 e. The number of benzene rings is 2. The van der Waals surface area contributed by atoms with E-state index < -0.39 is 0 Å². The molecule has 2 aromatic carbocycles. The first-order valence-corrected chi connectivity index (χ1v) is 11.6. The maximum Gasteiger partial charge on any atom is 0.136 e. The van der Waals surface area contributed by atoms with E-state index in [-0.39, 0.29) is 5.41 Å². The normalized spacial score (nSPS) is 19.1. The predicted octanol–water partition coefficient (Wildman–Crippen LogP) is 5.70. The Hall–Kier alpha value is -2.68. The van der Waals surface area contributed by atoms with Gasteiger partial charge in [-0.3, -0.25) is 0 Å². The molecule has 0 atom stereocenters. The summed E-state index contributed by atoms with van der Waals surface area (Å²) in [6.07, 6.45) is 9.70. The Morgan fingerprint density at radius 3 is 2.33 bits per heavy atom. The van der Waals surface area contributed by atoms with E-state index in [0.29, 0.717) is 0 Å². The topological polar surface area (TPSA) is 29.0 Å². The average Bonchev–Trinajstić information content (AvgIpc) is 3.47. The summed E-state index contributed by atoms with van der Waals surface area (Å²) < 4.78 is 0. The van der Waals surface area contributed by atoms with Gasteiger partial charge in [0.2, 0.25) is 0 Å². The molecule has 3 aliphatic rings. The van der Waals surface area contributed by atoms with Crippen LogP contribution in [-0.4, -0.2) is 23.1 Å². The molecule has 0 unspecified atom stereocenters. The van der Waals surface area contributed by atoms with Crippen LogP contribution >= 0.6 is 0 Å². The van der Waals surface area contributed by atoms with Gasteiger partial charge in [-0.15, -0.1) is 0 Å². The zero-order valence-electron chi connectivity index (χ0n) is 17.6. The van der Waals surface area contributed by atoms with E-state index in [9.17, 15) is 0 Å². The molecule has 1 aromatic heterocycles. The minimum Gasteiger partial charge on any atom is -0.356 e. The lowest BCUT2D eigenvalue weighted by Crippen LogP contribution is -2.34. The fourth-order valence-electron chi connectivity index (χ4n) is 6.03. The Morgan fingerprint density at radius 2 is 1.53 bits per heavy atom. The van der Waals surface area contributed by atoms with Gasteiger partial charge in [0.1, 0.15) is 11.6 Å². The Balaban J connectivity index is 1.57. The van der Waals surface area contributed by atoms with Crippen molar-refractivity contribution in [1.29, 1.82) is 0 Å². The fourth-order valence-corrected chi connectivity index (χ4v) is 6.03. The molecule has 1 saturated carbocycles. The third-order valence-electron chi connectivity index (χ3n) is 7.44. The van der Waals surface area contributed by atoms with Crippen molar-refractivity contribution >= 4 is 5.82 Å². The van der Waals surface area contributed by atoms with Gasteiger partial charge in [0.25, 0.3) is 0 Å². The third-order valence-corrected chi connectivity index (χ3v) is 7.44. The van der Waals surface area contributed by atoms with Crippen LogP contribution in [0.4, 0.5) is 5.82 Å². The van der Waals surface area contributed by atoms with E-state index in [1.807, 2.05) is 0 Å². The van der Waals surface area contributed by atoms with Crippen LogP contribution in [0.3, 0.4) is 0 Å². The molecule has 3 aromatic rings. The van der Waals surface area contributed by atoms with E-state index in [0.717, 1.165) is 31.8 Å². The Labute approximate surface area is 179 Å². The highest BCUT2D eigenvalue weighted by Crippen LogP contribution is 2.53. The van der Waals surface area contributed by atoms with E-state index in [1.54, 1.807) is 0 Å². The van der Waals surface area contributed by atoms with Crippen molar-refractivity contribution < 1.29 is 0 Å². The van der Waals surface area contributed by atoms with Crippen molar-refractivity contribution in [2.45, 2.75) is 56.8 Å². The molecular formula is C27H29N3. The number of hydrogen-bond donors (Lipinski definition) is 0. The van der Waals surface area contributed by atoms with Crippen molar-refractivity contribution in [3.63, 3.8) is 0 Å². The second-order valence-corrected chi connectivity index (χ2v) is 9.36.